The van der Waals surface area contributed by atoms with E-state index in [1.54, 1.807) is 0 Å². The van der Waals surface area contributed by atoms with Gasteiger partial charge in [-0.25, -0.2) is 4.98 Å². The lowest BCUT2D eigenvalue weighted by Gasteiger charge is -2.28. The van der Waals surface area contributed by atoms with Crippen molar-refractivity contribution in [2.24, 2.45) is 0 Å². The molecule has 1 aromatic rings. The summed E-state index contributed by atoms with van der Waals surface area (Å²) in [7, 11) is 0. The first kappa shape index (κ1) is 11.9. The van der Waals surface area contributed by atoms with Crippen molar-refractivity contribution in [3.63, 3.8) is 0 Å². The summed E-state index contributed by atoms with van der Waals surface area (Å²) in [5.41, 5.74) is 1.15. The summed E-state index contributed by atoms with van der Waals surface area (Å²) in [6, 6.07) is 0. The van der Waals surface area contributed by atoms with Crippen LogP contribution in [-0.4, -0.2) is 49.4 Å². The lowest BCUT2D eigenvalue weighted by atomic mass is 9.95. The number of hydrogen-bond donors (Lipinski definition) is 1. The molecular weight excluding hydrogens is 228 g/mol. The van der Waals surface area contributed by atoms with Gasteiger partial charge in [0.2, 0.25) is 0 Å². The Labute approximate surface area is 108 Å². The maximum absolute atomic E-state index is 5.37. The summed E-state index contributed by atoms with van der Waals surface area (Å²) in [5.74, 6) is 1.58. The quantitative estimate of drug-likeness (QED) is 0.838. The van der Waals surface area contributed by atoms with Crippen molar-refractivity contribution in [2.75, 3.05) is 44.3 Å². The molecule has 1 aromatic heterocycles. The molecule has 3 heterocycles. The van der Waals surface area contributed by atoms with Crippen LogP contribution < -0.4 is 10.2 Å². The van der Waals surface area contributed by atoms with Gasteiger partial charge in [-0.1, -0.05) is 0 Å². The normalized spacial score (nSPS) is 22.1. The first-order valence-electron chi connectivity index (χ1n) is 6.79. The Morgan fingerprint density at radius 1 is 1.17 bits per heavy atom. The largest absolute Gasteiger partial charge is 0.378 e. The van der Waals surface area contributed by atoms with Crippen LogP contribution >= 0.6 is 0 Å². The fourth-order valence-electron chi connectivity index (χ4n) is 2.63. The summed E-state index contributed by atoms with van der Waals surface area (Å²) in [5, 5.41) is 3.39. The van der Waals surface area contributed by atoms with Gasteiger partial charge in [-0.3, -0.25) is 4.98 Å². The highest BCUT2D eigenvalue weighted by Crippen LogP contribution is 2.24. The highest BCUT2D eigenvalue weighted by atomic mass is 16.5. The molecule has 5 heteroatoms. The molecule has 0 spiro atoms. The van der Waals surface area contributed by atoms with E-state index in [0.29, 0.717) is 5.92 Å². The molecule has 0 unspecified atom stereocenters. The van der Waals surface area contributed by atoms with E-state index in [0.717, 1.165) is 50.9 Å². The maximum atomic E-state index is 5.37. The molecule has 0 amide bonds. The second-order valence-electron chi connectivity index (χ2n) is 4.93. The number of morpholine rings is 1. The monoisotopic (exact) mass is 248 g/mol. The van der Waals surface area contributed by atoms with Crippen LogP contribution in [0.15, 0.2) is 12.4 Å². The maximum Gasteiger partial charge on any atom is 0.147 e. The first-order valence-corrected chi connectivity index (χ1v) is 6.79. The molecule has 98 valence electrons. The van der Waals surface area contributed by atoms with Crippen molar-refractivity contribution in [3.05, 3.63) is 18.1 Å². The average Bonchev–Trinajstić information content (AvgIpc) is 2.49. The average molecular weight is 248 g/mol. The number of rotatable bonds is 2. The summed E-state index contributed by atoms with van der Waals surface area (Å²) in [4.78, 5) is 11.4. The highest BCUT2D eigenvalue weighted by molar-refractivity contribution is 5.37. The highest BCUT2D eigenvalue weighted by Gasteiger charge is 2.19. The molecule has 2 fully saturated rings. The molecule has 0 radical (unpaired) electrons. The predicted octanol–water partition coefficient (Wildman–Crippen LogP) is 0.780. The van der Waals surface area contributed by atoms with Crippen LogP contribution in [0.25, 0.3) is 0 Å². The lowest BCUT2D eigenvalue weighted by molar-refractivity contribution is 0.122. The molecular formula is C13H20N4O. The molecule has 3 rings (SSSR count). The Hall–Kier alpha value is -1.20. The molecule has 2 aliphatic heterocycles. The van der Waals surface area contributed by atoms with Crippen LogP contribution in [0.4, 0.5) is 5.82 Å². The molecule has 2 aliphatic rings. The Balaban J connectivity index is 1.75. The van der Waals surface area contributed by atoms with Crippen LogP contribution in [0.3, 0.4) is 0 Å². The van der Waals surface area contributed by atoms with Crippen molar-refractivity contribution >= 4 is 5.82 Å². The molecule has 5 nitrogen and oxygen atoms in total. The van der Waals surface area contributed by atoms with Crippen molar-refractivity contribution in [3.8, 4) is 0 Å². The van der Waals surface area contributed by atoms with Gasteiger partial charge in [-0.2, -0.15) is 0 Å². The number of ether oxygens (including phenoxy) is 1. The van der Waals surface area contributed by atoms with E-state index in [1.807, 2.05) is 12.4 Å². The third-order valence-corrected chi connectivity index (χ3v) is 3.73. The van der Waals surface area contributed by atoms with Gasteiger partial charge in [0.1, 0.15) is 5.82 Å². The lowest BCUT2D eigenvalue weighted by Crippen LogP contribution is -2.37. The van der Waals surface area contributed by atoms with E-state index in [-0.39, 0.29) is 0 Å². The van der Waals surface area contributed by atoms with E-state index in [1.165, 1.54) is 12.8 Å². The van der Waals surface area contributed by atoms with Gasteiger partial charge in [-0.05, 0) is 25.9 Å². The van der Waals surface area contributed by atoms with Gasteiger partial charge in [0.25, 0.3) is 0 Å². The van der Waals surface area contributed by atoms with Gasteiger partial charge in [-0.15, -0.1) is 0 Å². The number of nitrogens with one attached hydrogen (secondary N) is 1. The molecule has 1 N–H and O–H groups in total. The third kappa shape index (κ3) is 2.62. The zero-order valence-electron chi connectivity index (χ0n) is 10.6. The van der Waals surface area contributed by atoms with Gasteiger partial charge < -0.3 is 15.0 Å². The third-order valence-electron chi connectivity index (χ3n) is 3.73. The molecule has 2 saturated heterocycles. The minimum Gasteiger partial charge on any atom is -0.378 e. The van der Waals surface area contributed by atoms with Gasteiger partial charge in [0.05, 0.1) is 25.1 Å². The standard InChI is InChI=1S/C13H20N4O/c1-3-14-4-2-11(1)12-9-15-10-13(16-12)17-5-7-18-8-6-17/h9-11,14H,1-8H2. The molecule has 0 saturated carbocycles. The zero-order valence-corrected chi connectivity index (χ0v) is 10.6. The minimum absolute atomic E-state index is 0.569. The number of piperidine rings is 1. The summed E-state index contributed by atoms with van der Waals surface area (Å²) in [6.45, 7) is 5.61. The van der Waals surface area contributed by atoms with E-state index in [2.05, 4.69) is 15.2 Å². The molecule has 0 atom stereocenters. The number of nitrogens with zero attached hydrogens (tertiary/aromatic N) is 3. The van der Waals surface area contributed by atoms with Crippen LogP contribution in [0.5, 0.6) is 0 Å². The van der Waals surface area contributed by atoms with E-state index >= 15 is 0 Å². The number of hydrogen-bond acceptors (Lipinski definition) is 5. The molecule has 0 aromatic carbocycles. The van der Waals surface area contributed by atoms with E-state index in [9.17, 15) is 0 Å². The molecule has 18 heavy (non-hydrogen) atoms. The molecule has 0 aliphatic carbocycles. The summed E-state index contributed by atoms with van der Waals surface area (Å²) in [6.07, 6.45) is 6.14. The fourth-order valence-corrected chi connectivity index (χ4v) is 2.63. The van der Waals surface area contributed by atoms with Crippen LogP contribution in [-0.2, 0) is 4.74 Å². The van der Waals surface area contributed by atoms with Gasteiger partial charge in [0.15, 0.2) is 0 Å². The van der Waals surface area contributed by atoms with Crippen LogP contribution in [0, 0.1) is 0 Å². The first-order chi connectivity index (χ1) is 8.93. The SMILES string of the molecule is c1ncc(N2CCOCC2)nc1C1CCNCC1. The van der Waals surface area contributed by atoms with Crippen LogP contribution in [0.1, 0.15) is 24.5 Å². The van der Waals surface area contributed by atoms with E-state index in [4.69, 9.17) is 9.72 Å². The van der Waals surface area contributed by atoms with E-state index < -0.39 is 0 Å². The Bertz CT molecular complexity index is 353. The smallest absolute Gasteiger partial charge is 0.147 e. The topological polar surface area (TPSA) is 50.3 Å². The van der Waals surface area contributed by atoms with Gasteiger partial charge >= 0.3 is 0 Å². The number of aromatic nitrogens is 2. The predicted molar refractivity (Wildman–Crippen MR) is 69.9 cm³/mol. The number of anilines is 1. The van der Waals surface area contributed by atoms with Gasteiger partial charge in [0, 0.05) is 25.2 Å². The van der Waals surface area contributed by atoms with Crippen LogP contribution in [0.2, 0.25) is 0 Å². The van der Waals surface area contributed by atoms with Crippen molar-refractivity contribution in [1.82, 2.24) is 15.3 Å². The Kier molecular flexibility index (Phi) is 3.71. The molecule has 0 bridgehead atoms. The zero-order chi connectivity index (χ0) is 12.2. The van der Waals surface area contributed by atoms with Crippen molar-refractivity contribution < 1.29 is 4.74 Å². The van der Waals surface area contributed by atoms with Crippen molar-refractivity contribution in [1.29, 1.82) is 0 Å². The van der Waals surface area contributed by atoms with Crippen molar-refractivity contribution in [2.45, 2.75) is 18.8 Å². The second kappa shape index (κ2) is 5.63. The Morgan fingerprint density at radius 2 is 1.94 bits per heavy atom. The fraction of sp³-hybridized carbons (Fsp3) is 0.692. The second-order valence-corrected chi connectivity index (χ2v) is 4.93. The minimum atomic E-state index is 0.569. The summed E-state index contributed by atoms with van der Waals surface area (Å²) < 4.78 is 5.37. The Morgan fingerprint density at radius 3 is 2.72 bits per heavy atom. The summed E-state index contributed by atoms with van der Waals surface area (Å²) >= 11 is 0.